The maximum atomic E-state index is 13.5. The van der Waals surface area contributed by atoms with E-state index in [1.54, 1.807) is 24.3 Å². The standard InChI is InChI=1S/C17H15F2NO3S/c1-10(16(21)20-14-9-11(18)7-8-13(14)19)23-17(22)12-5-3-4-6-15(12)24-2/h3-10H,1-2H3,(H,20,21)/t10-/m1/s1. The van der Waals surface area contributed by atoms with E-state index in [1.165, 1.54) is 18.7 Å². The smallest absolute Gasteiger partial charge is 0.340 e. The van der Waals surface area contributed by atoms with Crippen LogP contribution in [0.1, 0.15) is 17.3 Å². The second-order valence-corrected chi connectivity index (χ2v) is 5.71. The van der Waals surface area contributed by atoms with Gasteiger partial charge >= 0.3 is 5.97 Å². The lowest BCUT2D eigenvalue weighted by Crippen LogP contribution is -2.30. The monoisotopic (exact) mass is 351 g/mol. The first-order valence-electron chi connectivity index (χ1n) is 7.02. The average molecular weight is 351 g/mol. The van der Waals surface area contributed by atoms with Crippen LogP contribution in [0.25, 0.3) is 0 Å². The number of ether oxygens (including phenoxy) is 1. The minimum atomic E-state index is -1.17. The molecule has 126 valence electrons. The fourth-order valence-electron chi connectivity index (χ4n) is 1.92. The predicted octanol–water partition coefficient (Wildman–Crippen LogP) is 3.87. The molecule has 1 atom stereocenters. The Morgan fingerprint density at radius 3 is 2.58 bits per heavy atom. The number of benzene rings is 2. The fraction of sp³-hybridized carbons (Fsp3) is 0.176. The van der Waals surface area contributed by atoms with Crippen molar-refractivity contribution in [3.63, 3.8) is 0 Å². The van der Waals surface area contributed by atoms with Crippen LogP contribution < -0.4 is 5.32 Å². The normalized spacial score (nSPS) is 11.7. The number of halogens is 2. The van der Waals surface area contributed by atoms with Crippen molar-refractivity contribution in [1.82, 2.24) is 0 Å². The first kappa shape index (κ1) is 17.9. The Labute approximate surface area is 142 Å². The number of nitrogens with one attached hydrogen (secondary N) is 1. The maximum Gasteiger partial charge on any atom is 0.340 e. The van der Waals surface area contributed by atoms with E-state index in [9.17, 15) is 18.4 Å². The number of rotatable bonds is 5. The third-order valence-electron chi connectivity index (χ3n) is 3.17. The van der Waals surface area contributed by atoms with Crippen LogP contribution >= 0.6 is 11.8 Å². The Morgan fingerprint density at radius 2 is 1.88 bits per heavy atom. The molecule has 0 bridgehead atoms. The van der Waals surface area contributed by atoms with E-state index < -0.39 is 29.6 Å². The molecular weight excluding hydrogens is 336 g/mol. The highest BCUT2D eigenvalue weighted by Crippen LogP contribution is 2.21. The van der Waals surface area contributed by atoms with Crippen LogP contribution in [-0.2, 0) is 9.53 Å². The highest BCUT2D eigenvalue weighted by Gasteiger charge is 2.21. The van der Waals surface area contributed by atoms with Gasteiger partial charge in [0.25, 0.3) is 5.91 Å². The molecule has 0 aromatic heterocycles. The van der Waals surface area contributed by atoms with Crippen LogP contribution in [0.5, 0.6) is 0 Å². The summed E-state index contributed by atoms with van der Waals surface area (Å²) in [5.41, 5.74) is 0.0222. The molecule has 1 N–H and O–H groups in total. The molecule has 0 aliphatic rings. The van der Waals surface area contributed by atoms with Gasteiger partial charge in [0, 0.05) is 11.0 Å². The summed E-state index contributed by atoms with van der Waals surface area (Å²) in [7, 11) is 0. The molecule has 2 aromatic carbocycles. The minimum absolute atomic E-state index is 0.313. The molecule has 0 radical (unpaired) electrons. The summed E-state index contributed by atoms with van der Waals surface area (Å²) in [5, 5.41) is 2.20. The van der Waals surface area contributed by atoms with E-state index in [0.29, 0.717) is 10.5 Å². The summed E-state index contributed by atoms with van der Waals surface area (Å²) in [6.07, 6.45) is 0.643. The van der Waals surface area contributed by atoms with E-state index in [2.05, 4.69) is 5.32 Å². The average Bonchev–Trinajstić information content (AvgIpc) is 2.57. The number of anilines is 1. The third-order valence-corrected chi connectivity index (χ3v) is 3.96. The Bertz CT molecular complexity index is 767. The van der Waals surface area contributed by atoms with E-state index in [0.717, 1.165) is 18.2 Å². The van der Waals surface area contributed by atoms with Gasteiger partial charge in [0.15, 0.2) is 6.10 Å². The van der Waals surface area contributed by atoms with Gasteiger partial charge in [0.2, 0.25) is 0 Å². The molecule has 0 unspecified atom stereocenters. The highest BCUT2D eigenvalue weighted by atomic mass is 32.2. The topological polar surface area (TPSA) is 55.4 Å². The fourth-order valence-corrected chi connectivity index (χ4v) is 2.50. The lowest BCUT2D eigenvalue weighted by molar-refractivity contribution is -0.123. The van der Waals surface area contributed by atoms with Crippen molar-refractivity contribution in [2.24, 2.45) is 0 Å². The third kappa shape index (κ3) is 4.32. The second-order valence-electron chi connectivity index (χ2n) is 4.86. The predicted molar refractivity (Wildman–Crippen MR) is 88.1 cm³/mol. The van der Waals surface area contributed by atoms with Crippen LogP contribution in [0, 0.1) is 11.6 Å². The number of carbonyl (C=O) groups excluding carboxylic acids is 2. The molecular formula is C17H15F2NO3S. The van der Waals surface area contributed by atoms with Crippen LogP contribution in [0.4, 0.5) is 14.5 Å². The summed E-state index contributed by atoms with van der Waals surface area (Å²) in [4.78, 5) is 24.9. The van der Waals surface area contributed by atoms with Gasteiger partial charge in [-0.25, -0.2) is 13.6 Å². The lowest BCUT2D eigenvalue weighted by Gasteiger charge is -2.15. The van der Waals surface area contributed by atoms with Crippen LogP contribution in [-0.4, -0.2) is 24.2 Å². The maximum absolute atomic E-state index is 13.5. The number of thioether (sulfide) groups is 1. The van der Waals surface area contributed by atoms with E-state index in [1.807, 2.05) is 6.26 Å². The molecule has 0 aliphatic heterocycles. The van der Waals surface area contributed by atoms with Gasteiger partial charge in [-0.1, -0.05) is 12.1 Å². The molecule has 0 saturated carbocycles. The summed E-state index contributed by atoms with van der Waals surface area (Å²) in [5.74, 6) is -2.89. The van der Waals surface area contributed by atoms with Gasteiger partial charge in [-0.05, 0) is 37.4 Å². The van der Waals surface area contributed by atoms with Gasteiger partial charge in [0.05, 0.1) is 11.3 Å². The largest absolute Gasteiger partial charge is 0.449 e. The summed E-state index contributed by atoms with van der Waals surface area (Å²) in [6.45, 7) is 1.35. The van der Waals surface area contributed by atoms with Gasteiger partial charge in [-0.3, -0.25) is 4.79 Å². The highest BCUT2D eigenvalue weighted by molar-refractivity contribution is 7.98. The van der Waals surface area contributed by atoms with Gasteiger partial charge in [-0.15, -0.1) is 11.8 Å². The van der Waals surface area contributed by atoms with Crippen LogP contribution in [0.3, 0.4) is 0 Å². The minimum Gasteiger partial charge on any atom is -0.449 e. The summed E-state index contributed by atoms with van der Waals surface area (Å²) in [6, 6.07) is 9.50. The Balaban J connectivity index is 2.06. The van der Waals surface area contributed by atoms with Crippen molar-refractivity contribution < 1.29 is 23.1 Å². The molecule has 4 nitrogen and oxygen atoms in total. The van der Waals surface area contributed by atoms with E-state index >= 15 is 0 Å². The molecule has 24 heavy (non-hydrogen) atoms. The Morgan fingerprint density at radius 1 is 1.17 bits per heavy atom. The van der Waals surface area contributed by atoms with E-state index in [4.69, 9.17) is 4.74 Å². The number of carbonyl (C=O) groups is 2. The molecule has 0 aliphatic carbocycles. The number of hydrogen-bond acceptors (Lipinski definition) is 4. The Hall–Kier alpha value is -2.41. The summed E-state index contributed by atoms with van der Waals surface area (Å²) < 4.78 is 31.7. The molecule has 1 amide bonds. The molecule has 2 aromatic rings. The van der Waals surface area contributed by atoms with Crippen molar-refractivity contribution in [2.75, 3.05) is 11.6 Å². The zero-order valence-electron chi connectivity index (χ0n) is 13.0. The number of amides is 1. The van der Waals surface area contributed by atoms with Crippen molar-refractivity contribution in [1.29, 1.82) is 0 Å². The lowest BCUT2D eigenvalue weighted by atomic mass is 10.2. The molecule has 0 spiro atoms. The Kier molecular flexibility index (Phi) is 5.92. The van der Waals surface area contributed by atoms with Crippen molar-refractivity contribution >= 4 is 29.3 Å². The number of hydrogen-bond donors (Lipinski definition) is 1. The molecule has 0 saturated heterocycles. The van der Waals surface area contributed by atoms with Gasteiger partial charge < -0.3 is 10.1 Å². The molecule has 0 heterocycles. The quantitative estimate of drug-likeness (QED) is 0.656. The van der Waals surface area contributed by atoms with Crippen molar-refractivity contribution in [3.05, 3.63) is 59.7 Å². The van der Waals surface area contributed by atoms with Crippen LogP contribution in [0.15, 0.2) is 47.4 Å². The van der Waals surface area contributed by atoms with Crippen molar-refractivity contribution in [2.45, 2.75) is 17.9 Å². The molecule has 0 fully saturated rings. The second kappa shape index (κ2) is 7.92. The zero-order chi connectivity index (χ0) is 17.7. The van der Waals surface area contributed by atoms with Crippen LogP contribution in [0.2, 0.25) is 0 Å². The number of esters is 1. The first-order chi connectivity index (χ1) is 11.4. The molecule has 7 heteroatoms. The molecule has 2 rings (SSSR count). The summed E-state index contributed by atoms with van der Waals surface area (Å²) >= 11 is 1.37. The first-order valence-corrected chi connectivity index (χ1v) is 8.24. The van der Waals surface area contributed by atoms with E-state index in [-0.39, 0.29) is 5.69 Å². The SMILES string of the molecule is CSc1ccccc1C(=O)O[C@H](C)C(=O)Nc1cc(F)ccc1F. The van der Waals surface area contributed by atoms with Gasteiger partial charge in [0.1, 0.15) is 11.6 Å². The zero-order valence-corrected chi connectivity index (χ0v) is 13.8. The van der Waals surface area contributed by atoms with Gasteiger partial charge in [-0.2, -0.15) is 0 Å². The van der Waals surface area contributed by atoms with Crippen molar-refractivity contribution in [3.8, 4) is 0 Å².